The number of aromatic nitrogens is 3. The van der Waals surface area contributed by atoms with Gasteiger partial charge in [0.2, 0.25) is 0 Å². The van der Waals surface area contributed by atoms with Crippen LogP contribution in [0.15, 0.2) is 54.9 Å². The van der Waals surface area contributed by atoms with Gasteiger partial charge in [0.1, 0.15) is 23.1 Å². The highest BCUT2D eigenvalue weighted by atomic mass is 16.5. The molecule has 2 heterocycles. The first-order chi connectivity index (χ1) is 14.0. The molecular formula is C22H25N5O2. The predicted octanol–water partition coefficient (Wildman–Crippen LogP) is 3.51. The summed E-state index contributed by atoms with van der Waals surface area (Å²) >= 11 is 0. The Hall–Kier alpha value is -3.48. The predicted molar refractivity (Wildman–Crippen MR) is 114 cm³/mol. The Bertz CT molecular complexity index is 945. The van der Waals surface area contributed by atoms with Gasteiger partial charge < -0.3 is 15.0 Å². The summed E-state index contributed by atoms with van der Waals surface area (Å²) in [5.74, 6) is 1.75. The molecule has 0 fully saturated rings. The lowest BCUT2D eigenvalue weighted by molar-refractivity contribution is 0.102. The highest BCUT2D eigenvalue weighted by Gasteiger charge is 2.13. The fourth-order valence-corrected chi connectivity index (χ4v) is 2.82. The van der Waals surface area contributed by atoms with Gasteiger partial charge >= 0.3 is 0 Å². The first kappa shape index (κ1) is 20.3. The fraction of sp³-hybridized carbons (Fsp3) is 0.273. The Balaban J connectivity index is 1.67. The summed E-state index contributed by atoms with van der Waals surface area (Å²) in [6.45, 7) is 5.08. The maximum Gasteiger partial charge on any atom is 0.274 e. The Morgan fingerprint density at radius 1 is 1.10 bits per heavy atom. The lowest BCUT2D eigenvalue weighted by atomic mass is 10.2. The molecule has 0 saturated heterocycles. The normalized spacial score (nSPS) is 10.4. The van der Waals surface area contributed by atoms with Gasteiger partial charge in [0.25, 0.3) is 5.91 Å². The number of likely N-dealkylation sites (N-methyl/N-ethyl adjacent to an activating group) is 1. The topological polar surface area (TPSA) is 80.2 Å². The van der Waals surface area contributed by atoms with E-state index in [1.54, 1.807) is 37.5 Å². The maximum atomic E-state index is 12.7. The number of ether oxygens (including phenoxy) is 1. The molecule has 1 N–H and O–H groups in total. The number of aryl methyl sites for hydroxylation is 1. The van der Waals surface area contributed by atoms with E-state index in [-0.39, 0.29) is 5.91 Å². The molecule has 0 atom stereocenters. The number of hydrogen-bond donors (Lipinski definition) is 1. The van der Waals surface area contributed by atoms with Crippen LogP contribution in [0.5, 0.6) is 5.75 Å². The number of benzene rings is 1. The molecule has 150 valence electrons. The number of nitrogens with zero attached hydrogens (tertiary/aromatic N) is 4. The van der Waals surface area contributed by atoms with Crippen LogP contribution in [-0.2, 0) is 6.42 Å². The van der Waals surface area contributed by atoms with Crippen molar-refractivity contribution < 1.29 is 9.53 Å². The molecular weight excluding hydrogens is 366 g/mol. The van der Waals surface area contributed by atoms with Crippen LogP contribution in [0.3, 0.4) is 0 Å². The van der Waals surface area contributed by atoms with Crippen LogP contribution in [0, 0.1) is 6.92 Å². The van der Waals surface area contributed by atoms with E-state index < -0.39 is 0 Å². The first-order valence-corrected chi connectivity index (χ1v) is 9.55. The lowest BCUT2D eigenvalue weighted by Gasteiger charge is -2.19. The Morgan fingerprint density at radius 2 is 1.83 bits per heavy atom. The summed E-state index contributed by atoms with van der Waals surface area (Å²) in [4.78, 5) is 27.5. The number of amides is 1. The quantitative estimate of drug-likeness (QED) is 0.633. The highest BCUT2D eigenvalue weighted by molar-refractivity contribution is 6.03. The SMILES string of the molecule is CCOc1ccc(NC(=O)c2cc(N(C)CCc3ccncc3)nc(C)n2)cc1. The molecule has 0 aliphatic heterocycles. The molecule has 1 amide bonds. The van der Waals surface area contributed by atoms with Gasteiger partial charge in [-0.15, -0.1) is 0 Å². The maximum absolute atomic E-state index is 12.7. The lowest BCUT2D eigenvalue weighted by Crippen LogP contribution is -2.23. The largest absolute Gasteiger partial charge is 0.494 e. The number of nitrogens with one attached hydrogen (secondary N) is 1. The van der Waals surface area contributed by atoms with Gasteiger partial charge in [-0.05, 0) is 62.2 Å². The molecule has 29 heavy (non-hydrogen) atoms. The number of carbonyl (C=O) groups excluding carboxylic acids is 1. The van der Waals surface area contributed by atoms with Gasteiger partial charge in [0, 0.05) is 37.7 Å². The molecule has 3 rings (SSSR count). The molecule has 0 radical (unpaired) electrons. The summed E-state index contributed by atoms with van der Waals surface area (Å²) in [6, 6.07) is 13.0. The van der Waals surface area contributed by atoms with Gasteiger partial charge in [-0.2, -0.15) is 0 Å². The van der Waals surface area contributed by atoms with Crippen molar-refractivity contribution in [1.82, 2.24) is 15.0 Å². The van der Waals surface area contributed by atoms with E-state index in [4.69, 9.17) is 4.74 Å². The number of hydrogen-bond acceptors (Lipinski definition) is 6. The molecule has 0 aliphatic rings. The van der Waals surface area contributed by atoms with Crippen molar-refractivity contribution in [1.29, 1.82) is 0 Å². The van der Waals surface area contributed by atoms with E-state index in [0.717, 1.165) is 18.7 Å². The zero-order valence-electron chi connectivity index (χ0n) is 16.9. The molecule has 7 nitrogen and oxygen atoms in total. The summed E-state index contributed by atoms with van der Waals surface area (Å²) in [5, 5.41) is 2.87. The summed E-state index contributed by atoms with van der Waals surface area (Å²) in [7, 11) is 1.96. The molecule has 0 bridgehead atoms. The van der Waals surface area contributed by atoms with E-state index in [1.165, 1.54) is 5.56 Å². The molecule has 2 aromatic heterocycles. The standard InChI is InChI=1S/C22H25N5O2/c1-4-29-19-7-5-18(6-8-19)26-22(28)20-15-21(25-16(2)24-20)27(3)14-11-17-9-12-23-13-10-17/h5-10,12-13,15H,4,11,14H2,1-3H3,(H,26,28). The molecule has 1 aromatic carbocycles. The Morgan fingerprint density at radius 3 is 2.52 bits per heavy atom. The van der Waals surface area contributed by atoms with Crippen molar-refractivity contribution in [3.8, 4) is 5.75 Å². The van der Waals surface area contributed by atoms with Crippen molar-refractivity contribution in [2.75, 3.05) is 30.4 Å². The third-order valence-electron chi connectivity index (χ3n) is 4.36. The number of rotatable bonds is 8. The zero-order chi connectivity index (χ0) is 20.6. The van der Waals surface area contributed by atoms with Gasteiger partial charge in [-0.1, -0.05) is 0 Å². The molecule has 7 heteroatoms. The van der Waals surface area contributed by atoms with Crippen molar-refractivity contribution in [3.05, 3.63) is 71.9 Å². The average molecular weight is 391 g/mol. The third kappa shape index (κ3) is 5.75. The van der Waals surface area contributed by atoms with Crippen LogP contribution in [-0.4, -0.2) is 41.1 Å². The Kier molecular flexibility index (Phi) is 6.73. The first-order valence-electron chi connectivity index (χ1n) is 9.55. The van der Waals surface area contributed by atoms with E-state index in [0.29, 0.717) is 29.6 Å². The van der Waals surface area contributed by atoms with E-state index in [2.05, 4.69) is 20.3 Å². The van der Waals surface area contributed by atoms with Gasteiger partial charge in [0.15, 0.2) is 0 Å². The minimum absolute atomic E-state index is 0.275. The van der Waals surface area contributed by atoms with Crippen LogP contribution in [0.2, 0.25) is 0 Å². The van der Waals surface area contributed by atoms with E-state index in [9.17, 15) is 4.79 Å². The molecule has 0 spiro atoms. The van der Waals surface area contributed by atoms with Crippen LogP contribution in [0.4, 0.5) is 11.5 Å². The fourth-order valence-electron chi connectivity index (χ4n) is 2.82. The molecule has 0 aliphatic carbocycles. The minimum Gasteiger partial charge on any atom is -0.494 e. The summed E-state index contributed by atoms with van der Waals surface area (Å²) in [5.41, 5.74) is 2.21. The zero-order valence-corrected chi connectivity index (χ0v) is 16.9. The number of pyridine rings is 1. The van der Waals surface area contributed by atoms with Crippen molar-refractivity contribution >= 4 is 17.4 Å². The summed E-state index contributed by atoms with van der Waals surface area (Å²) < 4.78 is 5.42. The molecule has 3 aromatic rings. The second-order valence-electron chi connectivity index (χ2n) is 6.60. The van der Waals surface area contributed by atoms with Crippen LogP contribution < -0.4 is 15.0 Å². The van der Waals surface area contributed by atoms with E-state index in [1.807, 2.05) is 43.1 Å². The minimum atomic E-state index is -0.275. The average Bonchev–Trinajstić information content (AvgIpc) is 2.74. The van der Waals surface area contributed by atoms with Gasteiger partial charge in [-0.3, -0.25) is 9.78 Å². The van der Waals surface area contributed by atoms with Gasteiger partial charge in [0.05, 0.1) is 6.61 Å². The van der Waals surface area contributed by atoms with Crippen LogP contribution >= 0.6 is 0 Å². The smallest absolute Gasteiger partial charge is 0.274 e. The number of anilines is 2. The molecule has 0 unspecified atom stereocenters. The Labute approximate surface area is 170 Å². The second-order valence-corrected chi connectivity index (χ2v) is 6.60. The van der Waals surface area contributed by atoms with Crippen LogP contribution in [0.1, 0.15) is 28.8 Å². The van der Waals surface area contributed by atoms with Crippen molar-refractivity contribution in [3.63, 3.8) is 0 Å². The van der Waals surface area contributed by atoms with Crippen molar-refractivity contribution in [2.45, 2.75) is 20.3 Å². The van der Waals surface area contributed by atoms with E-state index >= 15 is 0 Å². The number of carbonyl (C=O) groups is 1. The monoisotopic (exact) mass is 391 g/mol. The van der Waals surface area contributed by atoms with Crippen LogP contribution in [0.25, 0.3) is 0 Å². The highest BCUT2D eigenvalue weighted by Crippen LogP contribution is 2.17. The molecule has 0 saturated carbocycles. The summed E-state index contributed by atoms with van der Waals surface area (Å²) in [6.07, 6.45) is 4.43. The third-order valence-corrected chi connectivity index (χ3v) is 4.36. The second kappa shape index (κ2) is 9.64. The van der Waals surface area contributed by atoms with Crippen molar-refractivity contribution in [2.24, 2.45) is 0 Å². The van der Waals surface area contributed by atoms with Gasteiger partial charge in [-0.25, -0.2) is 9.97 Å².